The van der Waals surface area contributed by atoms with Gasteiger partial charge in [-0.2, -0.15) is 4.98 Å². The number of ether oxygens (including phenoxy) is 1. The lowest BCUT2D eigenvalue weighted by atomic mass is 10.4. The van der Waals surface area contributed by atoms with Crippen LogP contribution in [0.4, 0.5) is 5.95 Å². The fourth-order valence-corrected chi connectivity index (χ4v) is 1.18. The van der Waals surface area contributed by atoms with Gasteiger partial charge in [0, 0.05) is 20.0 Å². The number of rotatable bonds is 1. The van der Waals surface area contributed by atoms with Crippen molar-refractivity contribution in [3.63, 3.8) is 0 Å². The van der Waals surface area contributed by atoms with E-state index in [4.69, 9.17) is 9.26 Å². The van der Waals surface area contributed by atoms with Crippen LogP contribution in [0, 0.1) is 6.92 Å². The van der Waals surface area contributed by atoms with E-state index in [2.05, 4.69) is 15.0 Å². The molecule has 1 fully saturated rings. The average Bonchev–Trinajstić information content (AvgIpc) is 2.54. The Morgan fingerprint density at radius 3 is 2.67 bits per heavy atom. The first-order valence-electron chi connectivity index (χ1n) is 3.99. The van der Waals surface area contributed by atoms with Gasteiger partial charge in [-0.3, -0.25) is 0 Å². The van der Waals surface area contributed by atoms with Crippen molar-refractivity contribution in [2.24, 2.45) is 0 Å². The Morgan fingerprint density at radius 1 is 1.33 bits per heavy atom. The van der Waals surface area contributed by atoms with Crippen LogP contribution >= 0.6 is 0 Å². The topological polar surface area (TPSA) is 51.4 Å². The first-order valence-corrected chi connectivity index (χ1v) is 3.99. The molecule has 0 bridgehead atoms. The molecule has 1 aliphatic heterocycles. The number of aryl methyl sites for hydroxylation is 1. The molecule has 0 N–H and O–H groups in total. The molecule has 1 aromatic rings. The molecular weight excluding hydrogens is 158 g/mol. The summed E-state index contributed by atoms with van der Waals surface area (Å²) in [5.41, 5.74) is 0. The highest BCUT2D eigenvalue weighted by molar-refractivity contribution is 5.27. The van der Waals surface area contributed by atoms with Gasteiger partial charge in [-0.1, -0.05) is 0 Å². The fourth-order valence-electron chi connectivity index (χ4n) is 1.18. The normalized spacial score (nSPS) is 18.2. The smallest absolute Gasteiger partial charge is 0.266 e. The monoisotopic (exact) mass is 169 g/mol. The first-order chi connectivity index (χ1) is 5.86. The Kier molecular flexibility index (Phi) is 1.95. The van der Waals surface area contributed by atoms with E-state index < -0.39 is 0 Å². The summed E-state index contributed by atoms with van der Waals surface area (Å²) in [7, 11) is 0. The molecule has 2 heterocycles. The highest BCUT2D eigenvalue weighted by atomic mass is 16.5. The van der Waals surface area contributed by atoms with E-state index in [1.807, 2.05) is 0 Å². The standard InChI is InChI=1S/C7H11N3O2/c1-6-8-7(9-12-6)10-2-4-11-5-3-10/h2-5H2,1H3. The van der Waals surface area contributed by atoms with Crippen molar-refractivity contribution < 1.29 is 9.26 Å². The third kappa shape index (κ3) is 1.40. The average molecular weight is 169 g/mol. The molecule has 0 aliphatic carbocycles. The zero-order valence-corrected chi connectivity index (χ0v) is 6.99. The number of hydrogen-bond acceptors (Lipinski definition) is 5. The van der Waals surface area contributed by atoms with E-state index in [1.165, 1.54) is 0 Å². The summed E-state index contributed by atoms with van der Waals surface area (Å²) >= 11 is 0. The molecule has 66 valence electrons. The number of nitrogens with zero attached hydrogens (tertiary/aromatic N) is 3. The van der Waals surface area contributed by atoms with Gasteiger partial charge in [0.2, 0.25) is 5.89 Å². The largest absolute Gasteiger partial charge is 0.378 e. The Balaban J connectivity index is 2.08. The van der Waals surface area contributed by atoms with E-state index in [0.29, 0.717) is 11.8 Å². The van der Waals surface area contributed by atoms with Crippen LogP contribution in [-0.4, -0.2) is 36.4 Å². The second-order valence-corrected chi connectivity index (χ2v) is 2.71. The van der Waals surface area contributed by atoms with E-state index in [0.717, 1.165) is 26.3 Å². The van der Waals surface area contributed by atoms with Crippen LogP contribution in [0.25, 0.3) is 0 Å². The maximum absolute atomic E-state index is 5.20. The highest BCUT2D eigenvalue weighted by Crippen LogP contribution is 2.09. The summed E-state index contributed by atoms with van der Waals surface area (Å²) in [5, 5.41) is 3.82. The SMILES string of the molecule is Cc1nc(N2CCOCC2)no1. The molecule has 0 atom stereocenters. The molecule has 12 heavy (non-hydrogen) atoms. The summed E-state index contributed by atoms with van der Waals surface area (Å²) in [4.78, 5) is 6.18. The van der Waals surface area contributed by atoms with Gasteiger partial charge in [0.15, 0.2) is 0 Å². The summed E-state index contributed by atoms with van der Waals surface area (Å²) in [6.07, 6.45) is 0. The van der Waals surface area contributed by atoms with Crippen molar-refractivity contribution in [1.82, 2.24) is 10.1 Å². The van der Waals surface area contributed by atoms with Gasteiger partial charge in [0.05, 0.1) is 13.2 Å². The minimum Gasteiger partial charge on any atom is -0.378 e. The van der Waals surface area contributed by atoms with Crippen LogP contribution < -0.4 is 4.90 Å². The molecule has 1 aliphatic rings. The second kappa shape index (κ2) is 3.10. The van der Waals surface area contributed by atoms with Crippen LogP contribution in [0.2, 0.25) is 0 Å². The van der Waals surface area contributed by atoms with Crippen LogP contribution in [-0.2, 0) is 4.74 Å². The molecule has 2 rings (SSSR count). The lowest BCUT2D eigenvalue weighted by molar-refractivity contribution is 0.121. The Bertz CT molecular complexity index is 255. The van der Waals surface area contributed by atoms with Gasteiger partial charge in [0.1, 0.15) is 0 Å². The van der Waals surface area contributed by atoms with Crippen LogP contribution in [0.1, 0.15) is 5.89 Å². The van der Waals surface area contributed by atoms with E-state index in [9.17, 15) is 0 Å². The predicted molar refractivity (Wildman–Crippen MR) is 42.1 cm³/mol. The van der Waals surface area contributed by atoms with Gasteiger partial charge in [-0.15, -0.1) is 0 Å². The Hall–Kier alpha value is -1.10. The molecule has 0 amide bonds. The van der Waals surface area contributed by atoms with Gasteiger partial charge in [-0.25, -0.2) is 0 Å². The molecule has 0 radical (unpaired) electrons. The van der Waals surface area contributed by atoms with Crippen molar-refractivity contribution in [3.8, 4) is 0 Å². The zero-order chi connectivity index (χ0) is 8.39. The molecule has 0 aromatic carbocycles. The Labute approximate surface area is 70.3 Å². The molecule has 5 heteroatoms. The van der Waals surface area contributed by atoms with Crippen molar-refractivity contribution in [1.29, 1.82) is 0 Å². The first kappa shape index (κ1) is 7.54. The molecule has 0 unspecified atom stereocenters. The lowest BCUT2D eigenvalue weighted by Gasteiger charge is -2.24. The minimum absolute atomic E-state index is 0.608. The predicted octanol–water partition coefficient (Wildman–Crippen LogP) is 0.215. The third-order valence-corrected chi connectivity index (χ3v) is 1.81. The number of anilines is 1. The van der Waals surface area contributed by atoms with Gasteiger partial charge >= 0.3 is 0 Å². The molecule has 1 saturated heterocycles. The summed E-state index contributed by atoms with van der Waals surface area (Å²) in [6.45, 7) is 4.97. The number of aromatic nitrogens is 2. The van der Waals surface area contributed by atoms with Crippen LogP contribution in [0.5, 0.6) is 0 Å². The molecular formula is C7H11N3O2. The van der Waals surface area contributed by atoms with Crippen molar-refractivity contribution in [3.05, 3.63) is 5.89 Å². The maximum atomic E-state index is 5.20. The minimum atomic E-state index is 0.608. The van der Waals surface area contributed by atoms with Gasteiger partial charge in [-0.05, 0) is 5.16 Å². The van der Waals surface area contributed by atoms with Gasteiger partial charge < -0.3 is 14.2 Å². The summed E-state index contributed by atoms with van der Waals surface area (Å²) in [5.74, 6) is 1.28. The molecule has 0 saturated carbocycles. The van der Waals surface area contributed by atoms with Crippen molar-refractivity contribution >= 4 is 5.95 Å². The summed E-state index contributed by atoms with van der Waals surface area (Å²) in [6, 6.07) is 0. The zero-order valence-electron chi connectivity index (χ0n) is 6.99. The molecule has 0 spiro atoms. The Morgan fingerprint density at radius 2 is 2.08 bits per heavy atom. The lowest BCUT2D eigenvalue weighted by Crippen LogP contribution is -2.36. The van der Waals surface area contributed by atoms with Crippen molar-refractivity contribution in [2.75, 3.05) is 31.2 Å². The molecule has 1 aromatic heterocycles. The number of hydrogen-bond donors (Lipinski definition) is 0. The van der Waals surface area contributed by atoms with Gasteiger partial charge in [0.25, 0.3) is 5.95 Å². The maximum Gasteiger partial charge on any atom is 0.266 e. The van der Waals surface area contributed by atoms with Crippen LogP contribution in [0.15, 0.2) is 4.52 Å². The van der Waals surface area contributed by atoms with E-state index in [-0.39, 0.29) is 0 Å². The van der Waals surface area contributed by atoms with E-state index in [1.54, 1.807) is 6.92 Å². The fraction of sp³-hybridized carbons (Fsp3) is 0.714. The summed E-state index contributed by atoms with van der Waals surface area (Å²) < 4.78 is 10.1. The quantitative estimate of drug-likeness (QED) is 0.601. The number of morpholine rings is 1. The second-order valence-electron chi connectivity index (χ2n) is 2.71. The van der Waals surface area contributed by atoms with Crippen molar-refractivity contribution in [2.45, 2.75) is 6.92 Å². The van der Waals surface area contributed by atoms with Crippen LogP contribution in [0.3, 0.4) is 0 Å². The molecule has 5 nitrogen and oxygen atoms in total. The van der Waals surface area contributed by atoms with E-state index >= 15 is 0 Å². The highest BCUT2D eigenvalue weighted by Gasteiger charge is 2.15. The third-order valence-electron chi connectivity index (χ3n) is 1.81.